The van der Waals surface area contributed by atoms with Crippen molar-refractivity contribution in [2.24, 2.45) is 5.92 Å². The quantitative estimate of drug-likeness (QED) is 0.828. The number of hydrogen-bond acceptors (Lipinski definition) is 3. The van der Waals surface area contributed by atoms with Gasteiger partial charge in [0.05, 0.1) is 12.7 Å². The van der Waals surface area contributed by atoms with E-state index in [0.29, 0.717) is 23.7 Å². The summed E-state index contributed by atoms with van der Waals surface area (Å²) in [6.45, 7) is 2.15. The van der Waals surface area contributed by atoms with Crippen molar-refractivity contribution in [1.29, 1.82) is 0 Å². The Bertz CT molecular complexity index is 493. The first-order valence-corrected chi connectivity index (χ1v) is 8.05. The minimum absolute atomic E-state index is 0.148. The number of carbonyl (C=O) groups is 1. The second kappa shape index (κ2) is 7.48. The van der Waals surface area contributed by atoms with E-state index >= 15 is 0 Å². The summed E-state index contributed by atoms with van der Waals surface area (Å²) in [5.41, 5.74) is 1.62. The molecule has 21 heavy (non-hydrogen) atoms. The predicted octanol–water partition coefficient (Wildman–Crippen LogP) is 4.51. The SMILES string of the molecule is COc1cc(O)cc2c1C(=O)C[C@H](C)CCCCCCC2. The van der Waals surface area contributed by atoms with E-state index < -0.39 is 0 Å². The van der Waals surface area contributed by atoms with Crippen LogP contribution in [0.2, 0.25) is 0 Å². The summed E-state index contributed by atoms with van der Waals surface area (Å²) in [6.07, 6.45) is 8.48. The molecule has 0 radical (unpaired) electrons. The van der Waals surface area contributed by atoms with E-state index in [1.807, 2.05) is 0 Å². The number of rotatable bonds is 1. The monoisotopic (exact) mass is 290 g/mol. The number of aryl methyl sites for hydroxylation is 1. The lowest BCUT2D eigenvalue weighted by atomic mass is 9.89. The van der Waals surface area contributed by atoms with E-state index in [4.69, 9.17) is 4.74 Å². The molecular weight excluding hydrogens is 264 g/mol. The maximum atomic E-state index is 12.7. The smallest absolute Gasteiger partial charge is 0.167 e. The van der Waals surface area contributed by atoms with Gasteiger partial charge in [-0.25, -0.2) is 0 Å². The summed E-state index contributed by atoms with van der Waals surface area (Å²) in [7, 11) is 1.56. The normalized spacial score (nSPS) is 21.0. The number of benzene rings is 1. The van der Waals surface area contributed by atoms with E-state index in [1.54, 1.807) is 19.2 Å². The first-order valence-electron chi connectivity index (χ1n) is 8.05. The molecule has 0 saturated carbocycles. The molecule has 0 aromatic heterocycles. The highest BCUT2D eigenvalue weighted by molar-refractivity contribution is 6.00. The van der Waals surface area contributed by atoms with Gasteiger partial charge in [-0.2, -0.15) is 0 Å². The summed E-state index contributed by atoms with van der Waals surface area (Å²) in [4.78, 5) is 12.7. The van der Waals surface area contributed by atoms with Gasteiger partial charge in [-0.3, -0.25) is 4.79 Å². The van der Waals surface area contributed by atoms with Crippen LogP contribution in [0.1, 0.15) is 67.8 Å². The number of carbonyl (C=O) groups excluding carboxylic acids is 1. The molecule has 0 bridgehead atoms. The fraction of sp³-hybridized carbons (Fsp3) is 0.611. The first kappa shape index (κ1) is 15.9. The predicted molar refractivity (Wildman–Crippen MR) is 84.2 cm³/mol. The van der Waals surface area contributed by atoms with Crippen LogP contribution in [-0.2, 0) is 6.42 Å². The number of aromatic hydroxyl groups is 1. The van der Waals surface area contributed by atoms with E-state index in [1.165, 1.54) is 25.7 Å². The van der Waals surface area contributed by atoms with Crippen LogP contribution in [0.5, 0.6) is 11.5 Å². The van der Waals surface area contributed by atoms with Crippen LogP contribution in [0.15, 0.2) is 12.1 Å². The third-order valence-corrected chi connectivity index (χ3v) is 4.34. The number of ether oxygens (including phenoxy) is 1. The molecule has 0 saturated heterocycles. The molecule has 0 heterocycles. The zero-order chi connectivity index (χ0) is 15.2. The van der Waals surface area contributed by atoms with Gasteiger partial charge in [0.25, 0.3) is 0 Å². The molecule has 0 amide bonds. The molecule has 1 N–H and O–H groups in total. The van der Waals surface area contributed by atoms with Crippen LogP contribution in [0, 0.1) is 5.92 Å². The maximum Gasteiger partial charge on any atom is 0.167 e. The minimum Gasteiger partial charge on any atom is -0.508 e. The molecule has 0 spiro atoms. The fourth-order valence-corrected chi connectivity index (χ4v) is 3.19. The van der Waals surface area contributed by atoms with Crippen LogP contribution in [-0.4, -0.2) is 18.0 Å². The Kier molecular flexibility index (Phi) is 5.66. The van der Waals surface area contributed by atoms with E-state index in [-0.39, 0.29) is 11.5 Å². The highest BCUT2D eigenvalue weighted by atomic mass is 16.5. The number of phenolic OH excluding ortho intramolecular Hbond substituents is 1. The van der Waals surface area contributed by atoms with Gasteiger partial charge in [0, 0.05) is 12.5 Å². The van der Waals surface area contributed by atoms with Gasteiger partial charge in [-0.1, -0.05) is 39.0 Å². The lowest BCUT2D eigenvalue weighted by molar-refractivity contribution is 0.0958. The van der Waals surface area contributed by atoms with Gasteiger partial charge in [-0.05, 0) is 30.4 Å². The Balaban J connectivity index is 2.35. The maximum absolute atomic E-state index is 12.7. The second-order valence-electron chi connectivity index (χ2n) is 6.22. The van der Waals surface area contributed by atoms with Gasteiger partial charge in [-0.15, -0.1) is 0 Å². The van der Waals surface area contributed by atoms with Crippen molar-refractivity contribution in [1.82, 2.24) is 0 Å². The number of phenols is 1. The zero-order valence-corrected chi connectivity index (χ0v) is 13.2. The largest absolute Gasteiger partial charge is 0.508 e. The number of hydrogen-bond donors (Lipinski definition) is 1. The molecule has 1 aromatic carbocycles. The van der Waals surface area contributed by atoms with Crippen molar-refractivity contribution in [3.05, 3.63) is 23.3 Å². The van der Waals surface area contributed by atoms with Gasteiger partial charge < -0.3 is 9.84 Å². The highest BCUT2D eigenvalue weighted by Gasteiger charge is 2.21. The van der Waals surface area contributed by atoms with Crippen LogP contribution in [0.3, 0.4) is 0 Å². The third-order valence-electron chi connectivity index (χ3n) is 4.34. The van der Waals surface area contributed by atoms with Crippen LogP contribution in [0.4, 0.5) is 0 Å². The Morgan fingerprint density at radius 1 is 1.14 bits per heavy atom. The number of fused-ring (bicyclic) bond motifs is 1. The molecule has 0 fully saturated rings. The van der Waals surface area contributed by atoms with Crippen molar-refractivity contribution in [3.8, 4) is 11.5 Å². The van der Waals surface area contributed by atoms with Crippen molar-refractivity contribution >= 4 is 5.78 Å². The van der Waals surface area contributed by atoms with Gasteiger partial charge in [0.1, 0.15) is 11.5 Å². The molecule has 0 unspecified atom stereocenters. The molecule has 1 aliphatic rings. The molecule has 2 rings (SSSR count). The average Bonchev–Trinajstić information content (AvgIpc) is 2.44. The summed E-state index contributed by atoms with van der Waals surface area (Å²) in [5.74, 6) is 1.25. The summed E-state index contributed by atoms with van der Waals surface area (Å²) in [5, 5.41) is 9.84. The van der Waals surface area contributed by atoms with E-state index in [9.17, 15) is 9.90 Å². The molecule has 1 atom stereocenters. The Labute approximate surface area is 127 Å². The lowest BCUT2D eigenvalue weighted by Crippen LogP contribution is -2.11. The topological polar surface area (TPSA) is 46.5 Å². The van der Waals surface area contributed by atoms with Gasteiger partial charge >= 0.3 is 0 Å². The molecule has 3 nitrogen and oxygen atoms in total. The number of Topliss-reactive ketones (excluding diaryl/α,β-unsaturated/α-hetero) is 1. The molecular formula is C18H26O3. The first-order chi connectivity index (χ1) is 10.1. The molecule has 0 aliphatic heterocycles. The Morgan fingerprint density at radius 3 is 2.62 bits per heavy atom. The van der Waals surface area contributed by atoms with Crippen molar-refractivity contribution < 1.29 is 14.6 Å². The Morgan fingerprint density at radius 2 is 1.86 bits per heavy atom. The zero-order valence-electron chi connectivity index (χ0n) is 13.2. The molecule has 1 aromatic rings. The summed E-state index contributed by atoms with van der Waals surface area (Å²) >= 11 is 0. The number of methoxy groups -OCH3 is 1. The number of ketones is 1. The van der Waals surface area contributed by atoms with E-state index in [2.05, 4.69) is 6.92 Å². The van der Waals surface area contributed by atoms with Crippen molar-refractivity contribution in [2.45, 2.75) is 58.3 Å². The molecule has 1 aliphatic carbocycles. The van der Waals surface area contributed by atoms with Crippen molar-refractivity contribution in [3.63, 3.8) is 0 Å². The molecule has 3 heteroatoms. The summed E-state index contributed by atoms with van der Waals surface area (Å²) in [6, 6.07) is 3.28. The van der Waals surface area contributed by atoms with Gasteiger partial charge in [0.15, 0.2) is 5.78 Å². The highest BCUT2D eigenvalue weighted by Crippen LogP contribution is 2.32. The summed E-state index contributed by atoms with van der Waals surface area (Å²) < 4.78 is 5.34. The Hall–Kier alpha value is -1.51. The van der Waals surface area contributed by atoms with Crippen LogP contribution < -0.4 is 4.74 Å². The molecule has 116 valence electrons. The van der Waals surface area contributed by atoms with Crippen LogP contribution in [0.25, 0.3) is 0 Å². The average molecular weight is 290 g/mol. The van der Waals surface area contributed by atoms with Crippen LogP contribution >= 0.6 is 0 Å². The van der Waals surface area contributed by atoms with Crippen molar-refractivity contribution in [2.75, 3.05) is 7.11 Å². The lowest BCUT2D eigenvalue weighted by Gasteiger charge is -2.17. The van der Waals surface area contributed by atoms with Gasteiger partial charge in [0.2, 0.25) is 0 Å². The minimum atomic E-state index is 0.148. The second-order valence-corrected chi connectivity index (χ2v) is 6.22. The third kappa shape index (κ3) is 4.23. The fourth-order valence-electron chi connectivity index (χ4n) is 3.19. The van der Waals surface area contributed by atoms with E-state index in [0.717, 1.165) is 24.8 Å². The standard InChI is InChI=1S/C18H26O3/c1-13-8-6-4-3-5-7-9-14-11-15(19)12-17(21-2)18(14)16(20)10-13/h11-13,19H,3-10H2,1-2H3/t13-/m1/s1.